The Hall–Kier alpha value is -0.230. The molecule has 0 aliphatic rings. The summed E-state index contributed by atoms with van der Waals surface area (Å²) in [5, 5.41) is 0. The molecule has 11 heavy (non-hydrogen) atoms. The normalized spacial score (nSPS) is 10.9. The summed E-state index contributed by atoms with van der Waals surface area (Å²) in [6.45, 7) is 6.99. The summed E-state index contributed by atoms with van der Waals surface area (Å²) in [5.41, 5.74) is 0. The number of hydrogen-bond donors (Lipinski definition) is 0. The van der Waals surface area contributed by atoms with E-state index in [0.29, 0.717) is 0 Å². The number of hydrogen-bond acceptors (Lipinski definition) is 4. The lowest BCUT2D eigenvalue weighted by atomic mass is 10.7. The molecule has 0 atom stereocenters. The van der Waals surface area contributed by atoms with Crippen molar-refractivity contribution in [3.8, 4) is 0 Å². The number of rotatable bonds is 6. The molecule has 0 radical (unpaired) electrons. The summed E-state index contributed by atoms with van der Waals surface area (Å²) in [7, 11) is -3.02. The molecule has 0 spiro atoms. The van der Waals surface area contributed by atoms with Gasteiger partial charge in [0, 0.05) is 11.2 Å². The monoisotopic (exact) mass is 194 g/mol. The molecule has 0 aromatic heterocycles. The molecule has 0 aromatic carbocycles. The van der Waals surface area contributed by atoms with Crippen molar-refractivity contribution in [2.45, 2.75) is 0 Å². The maximum absolute atomic E-state index is 11.0. The second kappa shape index (κ2) is 5.42. The van der Waals surface area contributed by atoms with Crippen molar-refractivity contribution in [2.24, 2.45) is 0 Å². The van der Waals surface area contributed by atoms with Crippen LogP contribution in [-0.4, -0.2) is 17.4 Å². The zero-order valence-corrected chi connectivity index (χ0v) is 7.66. The van der Waals surface area contributed by atoms with E-state index in [-0.39, 0.29) is 13.2 Å². The minimum absolute atomic E-state index is 0.124. The molecule has 3 nitrogen and oxygen atoms in total. The van der Waals surface area contributed by atoms with E-state index in [4.69, 9.17) is 0 Å². The molecule has 0 N–H and O–H groups in total. The van der Waals surface area contributed by atoms with E-state index in [9.17, 15) is 4.21 Å². The van der Waals surface area contributed by atoms with Gasteiger partial charge in [0.15, 0.2) is 0 Å². The van der Waals surface area contributed by atoms with Crippen LogP contribution in [0, 0.1) is 0 Å². The van der Waals surface area contributed by atoms with Crippen molar-refractivity contribution >= 4 is 20.2 Å². The highest BCUT2D eigenvalue weighted by Gasteiger charge is 2.03. The summed E-state index contributed by atoms with van der Waals surface area (Å²) >= 11 is 4.46. The highest BCUT2D eigenvalue weighted by atomic mass is 32.9. The fourth-order valence-electron chi connectivity index (χ4n) is 0.297. The SMILES string of the molecule is C=CCOS(=O)(=S)OCC=C. The Bertz CT molecular complexity index is 200. The molecule has 0 saturated carbocycles. The summed E-state index contributed by atoms with van der Waals surface area (Å²) in [6.07, 6.45) is 2.90. The Kier molecular flexibility index (Phi) is 5.31. The van der Waals surface area contributed by atoms with Gasteiger partial charge in [0.25, 0.3) is 9.05 Å². The first-order valence-corrected chi connectivity index (χ1v) is 5.21. The summed E-state index contributed by atoms with van der Waals surface area (Å²) in [6, 6.07) is 0. The summed E-state index contributed by atoms with van der Waals surface area (Å²) in [5.74, 6) is 0. The molecule has 0 saturated heterocycles. The molecule has 0 fully saturated rings. The average Bonchev–Trinajstić information content (AvgIpc) is 1.97. The van der Waals surface area contributed by atoms with E-state index in [1.54, 1.807) is 0 Å². The molecule has 64 valence electrons. The van der Waals surface area contributed by atoms with Crippen molar-refractivity contribution in [1.29, 1.82) is 0 Å². The van der Waals surface area contributed by atoms with Gasteiger partial charge in [-0.05, 0) is 0 Å². The van der Waals surface area contributed by atoms with Gasteiger partial charge >= 0.3 is 0 Å². The molecular formula is C6H10O3S2. The second-order valence-electron chi connectivity index (χ2n) is 1.55. The maximum atomic E-state index is 11.0. The standard InChI is InChI=1S/C6H10O3S2/c1-3-5-8-11(7,10)9-6-4-2/h3-4H,1-2,5-6H2. The highest BCUT2D eigenvalue weighted by Crippen LogP contribution is 1.96. The second-order valence-corrected chi connectivity index (χ2v) is 4.07. The Morgan fingerprint density at radius 3 is 1.91 bits per heavy atom. The fourth-order valence-corrected chi connectivity index (χ4v) is 1.22. The van der Waals surface area contributed by atoms with Crippen molar-refractivity contribution in [1.82, 2.24) is 0 Å². The van der Waals surface area contributed by atoms with Crippen molar-refractivity contribution in [3.05, 3.63) is 25.3 Å². The van der Waals surface area contributed by atoms with E-state index in [1.807, 2.05) is 0 Å². The van der Waals surface area contributed by atoms with Gasteiger partial charge in [-0.2, -0.15) is 4.21 Å². The molecule has 0 aliphatic carbocycles. The van der Waals surface area contributed by atoms with Crippen LogP contribution >= 0.6 is 0 Å². The van der Waals surface area contributed by atoms with E-state index in [2.05, 4.69) is 32.7 Å². The van der Waals surface area contributed by atoms with Gasteiger partial charge in [0.05, 0.1) is 13.2 Å². The van der Waals surface area contributed by atoms with Gasteiger partial charge in [-0.15, -0.1) is 13.2 Å². The zero-order chi connectivity index (χ0) is 8.74. The highest BCUT2D eigenvalue weighted by molar-refractivity contribution is 8.27. The van der Waals surface area contributed by atoms with Gasteiger partial charge < -0.3 is 0 Å². The Morgan fingerprint density at radius 2 is 1.64 bits per heavy atom. The summed E-state index contributed by atoms with van der Waals surface area (Å²) < 4.78 is 20.2. The Balaban J connectivity index is 3.80. The smallest absolute Gasteiger partial charge is 0.265 e. The molecule has 0 unspecified atom stereocenters. The van der Waals surface area contributed by atoms with Gasteiger partial charge in [-0.3, -0.25) is 8.37 Å². The van der Waals surface area contributed by atoms with Crippen LogP contribution in [0.5, 0.6) is 0 Å². The maximum Gasteiger partial charge on any atom is 0.269 e. The van der Waals surface area contributed by atoms with Crippen molar-refractivity contribution < 1.29 is 12.6 Å². The predicted octanol–water partition coefficient (Wildman–Crippen LogP) is 0.968. The summed E-state index contributed by atoms with van der Waals surface area (Å²) in [4.78, 5) is 0. The first-order valence-electron chi connectivity index (χ1n) is 2.88. The third kappa shape index (κ3) is 6.18. The molecule has 0 aromatic rings. The van der Waals surface area contributed by atoms with E-state index < -0.39 is 9.05 Å². The molecule has 0 aliphatic heterocycles. The topological polar surface area (TPSA) is 35.5 Å². The molecule has 0 amide bonds. The van der Waals surface area contributed by atoms with Crippen LogP contribution in [0.15, 0.2) is 25.3 Å². The van der Waals surface area contributed by atoms with Crippen LogP contribution in [0.3, 0.4) is 0 Å². The van der Waals surface area contributed by atoms with Gasteiger partial charge in [-0.25, -0.2) is 0 Å². The molecule has 0 heterocycles. The van der Waals surface area contributed by atoms with Crippen LogP contribution in [0.2, 0.25) is 0 Å². The lowest BCUT2D eigenvalue weighted by Gasteiger charge is -2.03. The van der Waals surface area contributed by atoms with Crippen LogP contribution in [-0.2, 0) is 28.6 Å². The van der Waals surface area contributed by atoms with Crippen molar-refractivity contribution in [3.63, 3.8) is 0 Å². The van der Waals surface area contributed by atoms with E-state index >= 15 is 0 Å². The Morgan fingerprint density at radius 1 is 1.27 bits per heavy atom. The first-order chi connectivity index (χ1) is 5.12. The third-order valence-electron chi connectivity index (χ3n) is 0.660. The first kappa shape index (κ1) is 10.8. The van der Waals surface area contributed by atoms with E-state index in [1.165, 1.54) is 12.2 Å². The Labute approximate surface area is 71.8 Å². The lowest BCUT2D eigenvalue weighted by Crippen LogP contribution is -2.08. The minimum Gasteiger partial charge on any atom is -0.265 e. The van der Waals surface area contributed by atoms with Crippen LogP contribution in [0.25, 0.3) is 0 Å². The lowest BCUT2D eigenvalue weighted by molar-refractivity contribution is 0.286. The van der Waals surface area contributed by atoms with Crippen LogP contribution in [0.4, 0.5) is 0 Å². The molecule has 0 rings (SSSR count). The average molecular weight is 194 g/mol. The third-order valence-corrected chi connectivity index (χ3v) is 2.09. The van der Waals surface area contributed by atoms with Crippen molar-refractivity contribution in [2.75, 3.05) is 13.2 Å². The van der Waals surface area contributed by atoms with Crippen LogP contribution < -0.4 is 0 Å². The molecule has 0 bridgehead atoms. The van der Waals surface area contributed by atoms with Gasteiger partial charge in [0.1, 0.15) is 0 Å². The van der Waals surface area contributed by atoms with Crippen LogP contribution in [0.1, 0.15) is 0 Å². The van der Waals surface area contributed by atoms with Gasteiger partial charge in [-0.1, -0.05) is 12.2 Å². The largest absolute Gasteiger partial charge is 0.269 e. The van der Waals surface area contributed by atoms with E-state index in [0.717, 1.165) is 0 Å². The quantitative estimate of drug-likeness (QED) is 0.590. The van der Waals surface area contributed by atoms with Gasteiger partial charge in [0.2, 0.25) is 0 Å². The molecular weight excluding hydrogens is 184 g/mol. The predicted molar refractivity (Wildman–Crippen MR) is 47.8 cm³/mol. The minimum atomic E-state index is -3.02. The molecule has 5 heteroatoms. The zero-order valence-electron chi connectivity index (χ0n) is 6.02. The fraction of sp³-hybridized carbons (Fsp3) is 0.333.